The van der Waals surface area contributed by atoms with Crippen LogP contribution in [0.2, 0.25) is 0 Å². The lowest BCUT2D eigenvalue weighted by atomic mass is 9.99. The highest BCUT2D eigenvalue weighted by atomic mass is 16.3. The van der Waals surface area contributed by atoms with Crippen LogP contribution in [0.15, 0.2) is 51.8 Å². The Labute approximate surface area is 123 Å². The molecule has 4 heteroatoms. The summed E-state index contributed by atoms with van der Waals surface area (Å²) in [6.07, 6.45) is 3.86. The van der Waals surface area contributed by atoms with Crippen molar-refractivity contribution < 1.29 is 14.0 Å². The summed E-state index contributed by atoms with van der Waals surface area (Å²) in [4.78, 5) is 22.6. The summed E-state index contributed by atoms with van der Waals surface area (Å²) >= 11 is 0. The van der Waals surface area contributed by atoms with E-state index in [1.165, 1.54) is 0 Å². The van der Waals surface area contributed by atoms with E-state index < -0.39 is 5.78 Å². The Morgan fingerprint density at radius 3 is 2.67 bits per heavy atom. The van der Waals surface area contributed by atoms with E-state index in [1.807, 2.05) is 37.3 Å². The van der Waals surface area contributed by atoms with Crippen molar-refractivity contribution in [3.8, 4) is 0 Å². The van der Waals surface area contributed by atoms with E-state index in [0.717, 1.165) is 22.1 Å². The molecular formula is C17H17NO3. The molecule has 4 nitrogen and oxygen atoms in total. The number of furan rings is 1. The van der Waals surface area contributed by atoms with Gasteiger partial charge in [0.25, 0.3) is 0 Å². The molecule has 2 aromatic rings. The van der Waals surface area contributed by atoms with Crippen LogP contribution in [0, 0.1) is 0 Å². The van der Waals surface area contributed by atoms with Crippen LogP contribution in [0.4, 0.5) is 0 Å². The molecule has 0 saturated carbocycles. The van der Waals surface area contributed by atoms with Gasteiger partial charge in [0.15, 0.2) is 6.29 Å². The Kier molecular flexibility index (Phi) is 4.38. The van der Waals surface area contributed by atoms with E-state index in [2.05, 4.69) is 5.32 Å². The molecule has 1 N–H and O–H groups in total. The third-order valence-electron chi connectivity index (χ3n) is 3.36. The molecule has 0 bridgehead atoms. The van der Waals surface area contributed by atoms with Gasteiger partial charge in [-0.3, -0.25) is 9.59 Å². The van der Waals surface area contributed by atoms with Crippen molar-refractivity contribution in [2.45, 2.75) is 13.8 Å². The van der Waals surface area contributed by atoms with Gasteiger partial charge in [-0.15, -0.1) is 0 Å². The number of rotatable bonds is 5. The molecule has 0 fully saturated rings. The summed E-state index contributed by atoms with van der Waals surface area (Å²) in [7, 11) is 1.72. The average molecular weight is 283 g/mol. The van der Waals surface area contributed by atoms with Gasteiger partial charge in [-0.05, 0) is 43.2 Å². The van der Waals surface area contributed by atoms with Crippen molar-refractivity contribution >= 4 is 29.1 Å². The van der Waals surface area contributed by atoms with Gasteiger partial charge < -0.3 is 9.73 Å². The number of Topliss-reactive ketones (excluding diaryl/α,β-unsaturated/α-hetero) is 1. The zero-order valence-corrected chi connectivity index (χ0v) is 12.3. The Balaban J connectivity index is 2.46. The van der Waals surface area contributed by atoms with E-state index in [9.17, 15) is 9.59 Å². The highest BCUT2D eigenvalue weighted by Gasteiger charge is 2.13. The molecule has 2 rings (SSSR count). The number of ketones is 1. The maximum atomic E-state index is 11.8. The first kappa shape index (κ1) is 14.8. The van der Waals surface area contributed by atoms with Crippen LogP contribution < -0.4 is 5.32 Å². The van der Waals surface area contributed by atoms with Crippen molar-refractivity contribution in [2.24, 2.45) is 0 Å². The molecule has 1 aromatic heterocycles. The standard InChI is InChI=1S/C17H17NO3/c1-11(17(12(2)18-3)15(20)10-19)8-13-4-5-16-14(9-13)6-7-21-16/h4-10,18H,1-3H3/b11-8+,17-12+. The first-order valence-electron chi connectivity index (χ1n) is 6.61. The molecule has 0 radical (unpaired) electrons. The van der Waals surface area contributed by atoms with Gasteiger partial charge in [0.2, 0.25) is 5.78 Å². The lowest BCUT2D eigenvalue weighted by Crippen LogP contribution is -2.14. The minimum Gasteiger partial charge on any atom is -0.464 e. The third-order valence-corrected chi connectivity index (χ3v) is 3.36. The van der Waals surface area contributed by atoms with Crippen molar-refractivity contribution in [1.82, 2.24) is 5.32 Å². The first-order valence-corrected chi connectivity index (χ1v) is 6.61. The number of nitrogens with one attached hydrogen (secondary N) is 1. The fourth-order valence-corrected chi connectivity index (χ4v) is 2.26. The van der Waals surface area contributed by atoms with E-state index in [4.69, 9.17) is 4.42 Å². The van der Waals surface area contributed by atoms with Gasteiger partial charge in [-0.2, -0.15) is 0 Å². The molecule has 1 aromatic carbocycles. The lowest BCUT2D eigenvalue weighted by molar-refractivity contribution is -0.127. The maximum Gasteiger partial charge on any atom is 0.227 e. The highest BCUT2D eigenvalue weighted by Crippen LogP contribution is 2.21. The first-order chi connectivity index (χ1) is 10.1. The molecule has 0 aliphatic carbocycles. The van der Waals surface area contributed by atoms with E-state index in [1.54, 1.807) is 20.2 Å². The summed E-state index contributed by atoms with van der Waals surface area (Å²) in [6.45, 7) is 3.59. The largest absolute Gasteiger partial charge is 0.464 e. The van der Waals surface area contributed by atoms with Gasteiger partial charge >= 0.3 is 0 Å². The summed E-state index contributed by atoms with van der Waals surface area (Å²) in [6, 6.07) is 7.64. The number of carbonyl (C=O) groups excluding carboxylic acids is 2. The summed E-state index contributed by atoms with van der Waals surface area (Å²) in [5.41, 5.74) is 3.57. The molecule has 0 aliphatic heterocycles. The zero-order chi connectivity index (χ0) is 15.4. The second kappa shape index (κ2) is 6.22. The van der Waals surface area contributed by atoms with Crippen molar-refractivity contribution in [2.75, 3.05) is 7.05 Å². The zero-order valence-electron chi connectivity index (χ0n) is 12.3. The monoisotopic (exact) mass is 283 g/mol. The summed E-state index contributed by atoms with van der Waals surface area (Å²) < 4.78 is 5.30. The third kappa shape index (κ3) is 3.11. The normalized spacial score (nSPS) is 13.0. The molecule has 0 aliphatic rings. The van der Waals surface area contributed by atoms with Crippen molar-refractivity contribution in [3.05, 3.63) is 52.9 Å². The summed E-state index contributed by atoms with van der Waals surface area (Å²) in [5, 5.41) is 3.91. The Hall–Kier alpha value is -2.62. The van der Waals surface area contributed by atoms with E-state index in [0.29, 0.717) is 17.6 Å². The predicted octanol–water partition coefficient (Wildman–Crippen LogP) is 3.10. The number of allylic oxidation sites excluding steroid dienone is 3. The second-order valence-electron chi connectivity index (χ2n) is 4.78. The van der Waals surface area contributed by atoms with E-state index in [-0.39, 0.29) is 0 Å². The number of benzene rings is 1. The molecule has 0 amide bonds. The second-order valence-corrected chi connectivity index (χ2v) is 4.78. The van der Waals surface area contributed by atoms with Crippen LogP contribution in [0.5, 0.6) is 0 Å². The number of carbonyl (C=O) groups is 2. The molecule has 0 saturated heterocycles. The molecule has 0 spiro atoms. The quantitative estimate of drug-likeness (QED) is 0.396. The maximum absolute atomic E-state index is 11.8. The van der Waals surface area contributed by atoms with Gasteiger partial charge in [0, 0.05) is 23.7 Å². The number of hydrogen-bond donors (Lipinski definition) is 1. The van der Waals surface area contributed by atoms with Gasteiger partial charge in [0.1, 0.15) is 5.58 Å². The lowest BCUT2D eigenvalue weighted by Gasteiger charge is -2.09. The molecular weight excluding hydrogens is 266 g/mol. The van der Waals surface area contributed by atoms with Crippen LogP contribution >= 0.6 is 0 Å². The number of aldehydes is 1. The Morgan fingerprint density at radius 1 is 1.24 bits per heavy atom. The molecule has 21 heavy (non-hydrogen) atoms. The Bertz CT molecular complexity index is 750. The van der Waals surface area contributed by atoms with Crippen molar-refractivity contribution in [1.29, 1.82) is 0 Å². The topological polar surface area (TPSA) is 59.3 Å². The SMILES string of the molecule is CN/C(C)=C(C(=O)C=O)\C(C)=C\c1ccc2occc2c1. The van der Waals surface area contributed by atoms with Crippen LogP contribution in [-0.2, 0) is 9.59 Å². The highest BCUT2D eigenvalue weighted by molar-refractivity contribution is 6.34. The van der Waals surface area contributed by atoms with Crippen molar-refractivity contribution in [3.63, 3.8) is 0 Å². The fourth-order valence-electron chi connectivity index (χ4n) is 2.26. The van der Waals surface area contributed by atoms with E-state index >= 15 is 0 Å². The average Bonchev–Trinajstić information content (AvgIpc) is 2.94. The minimum absolute atomic E-state index is 0.340. The molecule has 108 valence electrons. The van der Waals surface area contributed by atoms with Crippen LogP contribution in [0.3, 0.4) is 0 Å². The van der Waals surface area contributed by atoms with Gasteiger partial charge in [0.05, 0.1) is 6.26 Å². The predicted molar refractivity (Wildman–Crippen MR) is 82.7 cm³/mol. The Morgan fingerprint density at radius 2 is 2.00 bits per heavy atom. The number of hydrogen-bond acceptors (Lipinski definition) is 4. The van der Waals surface area contributed by atoms with Crippen LogP contribution in [-0.4, -0.2) is 19.1 Å². The fraction of sp³-hybridized carbons (Fsp3) is 0.176. The van der Waals surface area contributed by atoms with Gasteiger partial charge in [-0.1, -0.05) is 12.1 Å². The molecule has 0 atom stereocenters. The van der Waals surface area contributed by atoms with Gasteiger partial charge in [-0.25, -0.2) is 0 Å². The van der Waals surface area contributed by atoms with Crippen LogP contribution in [0.25, 0.3) is 17.0 Å². The molecule has 0 unspecified atom stereocenters. The minimum atomic E-state index is -0.528. The smallest absolute Gasteiger partial charge is 0.227 e. The number of fused-ring (bicyclic) bond motifs is 1. The molecule has 1 heterocycles. The van der Waals surface area contributed by atoms with Crippen LogP contribution in [0.1, 0.15) is 19.4 Å². The summed E-state index contributed by atoms with van der Waals surface area (Å²) in [5.74, 6) is -0.528.